The van der Waals surface area contributed by atoms with Crippen LogP contribution in [-0.2, 0) is 19.4 Å². The Balaban J connectivity index is 1.55. The zero-order chi connectivity index (χ0) is 18.1. The maximum absolute atomic E-state index is 12.9. The van der Waals surface area contributed by atoms with Gasteiger partial charge in [0.25, 0.3) is 5.56 Å². The molecule has 0 saturated heterocycles. The quantitative estimate of drug-likeness (QED) is 0.714. The van der Waals surface area contributed by atoms with Gasteiger partial charge in [0, 0.05) is 40.7 Å². The largest absolute Gasteiger partial charge is 0.299 e. The fraction of sp³-hybridized carbons (Fsp3) is 0.300. The van der Waals surface area contributed by atoms with E-state index in [1.807, 2.05) is 48.8 Å². The van der Waals surface area contributed by atoms with Crippen LogP contribution in [0.15, 0.2) is 58.1 Å². The molecule has 1 aliphatic rings. The summed E-state index contributed by atoms with van der Waals surface area (Å²) in [5, 5.41) is 3.31. The van der Waals surface area contributed by atoms with Gasteiger partial charge in [-0.25, -0.2) is 4.68 Å². The fourth-order valence-corrected chi connectivity index (χ4v) is 3.90. The van der Waals surface area contributed by atoms with Crippen LogP contribution in [0.5, 0.6) is 0 Å². The van der Waals surface area contributed by atoms with Crippen molar-refractivity contribution >= 4 is 15.9 Å². The van der Waals surface area contributed by atoms with Gasteiger partial charge in [-0.15, -0.1) is 0 Å². The average molecular weight is 413 g/mol. The van der Waals surface area contributed by atoms with Gasteiger partial charge >= 0.3 is 0 Å². The van der Waals surface area contributed by atoms with Gasteiger partial charge in [0.05, 0.1) is 5.69 Å². The summed E-state index contributed by atoms with van der Waals surface area (Å²) in [6.07, 6.45) is 6.39. The molecule has 0 spiro atoms. The number of pyridine rings is 1. The van der Waals surface area contributed by atoms with Gasteiger partial charge in [0.2, 0.25) is 0 Å². The Labute approximate surface area is 160 Å². The third-order valence-electron chi connectivity index (χ3n) is 5.13. The average Bonchev–Trinajstić information content (AvgIpc) is 2.99. The number of benzene rings is 1. The lowest BCUT2D eigenvalue weighted by atomic mass is 9.92. The zero-order valence-electron chi connectivity index (χ0n) is 14.7. The molecule has 4 rings (SSSR count). The lowest BCUT2D eigenvalue weighted by Gasteiger charge is -2.30. The molecule has 1 atom stereocenters. The van der Waals surface area contributed by atoms with Crippen molar-refractivity contribution in [3.8, 4) is 5.69 Å². The zero-order valence-corrected chi connectivity index (χ0v) is 16.2. The monoisotopic (exact) mass is 412 g/mol. The van der Waals surface area contributed by atoms with Crippen LogP contribution < -0.4 is 5.56 Å². The van der Waals surface area contributed by atoms with Gasteiger partial charge in [0.15, 0.2) is 0 Å². The molecule has 134 valence electrons. The number of aryl methyl sites for hydroxylation is 1. The van der Waals surface area contributed by atoms with Gasteiger partial charge < -0.3 is 0 Å². The molecule has 2 heterocycles. The highest BCUT2D eigenvalue weighted by Crippen LogP contribution is 2.23. The van der Waals surface area contributed by atoms with Crippen LogP contribution in [0.1, 0.15) is 23.2 Å². The van der Waals surface area contributed by atoms with E-state index in [1.54, 1.807) is 4.68 Å². The van der Waals surface area contributed by atoms with Gasteiger partial charge in [-0.1, -0.05) is 15.9 Å². The standard InChI is InChI=1S/C20H21BrN4O/c1-24(13-14-8-10-22-11-9-14)17-6-7-19-18(12-17)20(26)25(23-19)16-4-2-15(21)3-5-16/h2-5,8-11,17,23H,6-7,12-13H2,1H3. The summed E-state index contributed by atoms with van der Waals surface area (Å²) in [5.41, 5.74) is 4.19. The summed E-state index contributed by atoms with van der Waals surface area (Å²) in [7, 11) is 2.13. The van der Waals surface area contributed by atoms with Crippen LogP contribution in [-0.4, -0.2) is 32.8 Å². The lowest BCUT2D eigenvalue weighted by Crippen LogP contribution is -2.37. The summed E-state index contributed by atoms with van der Waals surface area (Å²) >= 11 is 3.44. The number of aromatic nitrogens is 3. The molecule has 5 nitrogen and oxygen atoms in total. The summed E-state index contributed by atoms with van der Waals surface area (Å²) in [6.45, 7) is 0.869. The summed E-state index contributed by atoms with van der Waals surface area (Å²) < 4.78 is 2.67. The molecule has 0 bridgehead atoms. The molecule has 0 amide bonds. The molecule has 26 heavy (non-hydrogen) atoms. The number of aromatic amines is 1. The molecule has 0 saturated carbocycles. The first-order chi connectivity index (χ1) is 12.6. The molecular formula is C20H21BrN4O. The number of hydrogen-bond donors (Lipinski definition) is 1. The van der Waals surface area contributed by atoms with Gasteiger partial charge in [-0.2, -0.15) is 0 Å². The van der Waals surface area contributed by atoms with Crippen LogP contribution >= 0.6 is 15.9 Å². The Hall–Kier alpha value is -2.18. The molecule has 3 aromatic rings. The third kappa shape index (κ3) is 3.39. The number of nitrogens with one attached hydrogen (secondary N) is 1. The molecule has 0 fully saturated rings. The van der Waals surface area contributed by atoms with E-state index in [9.17, 15) is 4.79 Å². The number of likely N-dealkylation sites (N-methyl/N-ethyl adjacent to an activating group) is 1. The van der Waals surface area contributed by atoms with Crippen LogP contribution in [0, 0.1) is 0 Å². The van der Waals surface area contributed by atoms with Crippen molar-refractivity contribution in [2.75, 3.05) is 7.05 Å². The second-order valence-corrected chi connectivity index (χ2v) is 7.77. The first-order valence-corrected chi connectivity index (χ1v) is 9.59. The smallest absolute Gasteiger partial charge is 0.274 e. The Bertz CT molecular complexity index is 946. The highest BCUT2D eigenvalue weighted by Gasteiger charge is 2.27. The van der Waals surface area contributed by atoms with Crippen molar-refractivity contribution in [2.45, 2.75) is 31.8 Å². The Morgan fingerprint density at radius 2 is 1.96 bits per heavy atom. The van der Waals surface area contributed by atoms with E-state index in [1.165, 1.54) is 5.56 Å². The Morgan fingerprint density at radius 1 is 1.23 bits per heavy atom. The van der Waals surface area contributed by atoms with Crippen LogP contribution in [0.2, 0.25) is 0 Å². The molecular weight excluding hydrogens is 392 g/mol. The van der Waals surface area contributed by atoms with Crippen LogP contribution in [0.4, 0.5) is 0 Å². The van der Waals surface area contributed by atoms with Crippen LogP contribution in [0.3, 0.4) is 0 Å². The minimum atomic E-state index is 0.0735. The van der Waals surface area contributed by atoms with E-state index < -0.39 is 0 Å². The molecule has 6 heteroatoms. The maximum Gasteiger partial charge on any atom is 0.274 e. The molecule has 2 aromatic heterocycles. The van der Waals surface area contributed by atoms with E-state index in [-0.39, 0.29) is 5.56 Å². The first kappa shape index (κ1) is 17.2. The molecule has 0 aliphatic heterocycles. The lowest BCUT2D eigenvalue weighted by molar-refractivity contribution is 0.213. The van der Waals surface area contributed by atoms with E-state index in [4.69, 9.17) is 0 Å². The highest BCUT2D eigenvalue weighted by atomic mass is 79.9. The van der Waals surface area contributed by atoms with E-state index >= 15 is 0 Å². The number of rotatable bonds is 4. The van der Waals surface area contributed by atoms with Crippen LogP contribution in [0.25, 0.3) is 5.69 Å². The number of H-pyrrole nitrogens is 1. The molecule has 0 radical (unpaired) electrons. The predicted molar refractivity (Wildman–Crippen MR) is 106 cm³/mol. The van der Waals surface area contributed by atoms with E-state index in [2.05, 4.69) is 38.0 Å². The Morgan fingerprint density at radius 3 is 2.69 bits per heavy atom. The van der Waals surface area contributed by atoms with Crippen molar-refractivity contribution in [1.29, 1.82) is 0 Å². The van der Waals surface area contributed by atoms with Crippen molar-refractivity contribution in [1.82, 2.24) is 19.7 Å². The molecule has 1 aliphatic carbocycles. The topological polar surface area (TPSA) is 53.9 Å². The van der Waals surface area contributed by atoms with Gasteiger partial charge in [-0.3, -0.25) is 19.8 Å². The number of nitrogens with zero attached hydrogens (tertiary/aromatic N) is 3. The summed E-state index contributed by atoms with van der Waals surface area (Å²) in [5.74, 6) is 0. The van der Waals surface area contributed by atoms with Crippen molar-refractivity contribution in [3.05, 3.63) is 80.4 Å². The second kappa shape index (κ2) is 7.21. The number of halogens is 1. The highest BCUT2D eigenvalue weighted by molar-refractivity contribution is 9.10. The normalized spacial score (nSPS) is 16.7. The molecule has 1 N–H and O–H groups in total. The minimum absolute atomic E-state index is 0.0735. The Kier molecular flexibility index (Phi) is 4.78. The van der Waals surface area contributed by atoms with Crippen molar-refractivity contribution in [3.63, 3.8) is 0 Å². The minimum Gasteiger partial charge on any atom is -0.299 e. The van der Waals surface area contributed by atoms with Gasteiger partial charge in [0.1, 0.15) is 0 Å². The van der Waals surface area contributed by atoms with E-state index in [0.717, 1.165) is 47.2 Å². The number of fused-ring (bicyclic) bond motifs is 1. The van der Waals surface area contributed by atoms with Crippen molar-refractivity contribution in [2.24, 2.45) is 0 Å². The summed E-state index contributed by atoms with van der Waals surface area (Å²) in [6, 6.07) is 12.3. The first-order valence-electron chi connectivity index (χ1n) is 8.79. The van der Waals surface area contributed by atoms with Crippen molar-refractivity contribution < 1.29 is 0 Å². The SMILES string of the molecule is CN(Cc1ccncc1)C1CCc2[nH]n(-c3ccc(Br)cc3)c(=O)c2C1. The third-order valence-corrected chi connectivity index (χ3v) is 5.66. The summed E-state index contributed by atoms with van der Waals surface area (Å²) in [4.78, 5) is 19.3. The maximum atomic E-state index is 12.9. The van der Waals surface area contributed by atoms with E-state index in [0.29, 0.717) is 6.04 Å². The molecule has 1 aromatic carbocycles. The number of hydrogen-bond acceptors (Lipinski definition) is 3. The second-order valence-electron chi connectivity index (χ2n) is 6.85. The predicted octanol–water partition coefficient (Wildman–Crippen LogP) is 3.31. The van der Waals surface area contributed by atoms with Gasteiger partial charge in [-0.05, 0) is 68.3 Å². The fourth-order valence-electron chi connectivity index (χ4n) is 3.64. The molecule has 1 unspecified atom stereocenters.